The molecule has 1 heterocycles. The van der Waals surface area contributed by atoms with Gasteiger partial charge in [-0.3, -0.25) is 9.69 Å². The Bertz CT molecular complexity index is 440. The summed E-state index contributed by atoms with van der Waals surface area (Å²) < 4.78 is 4.90. The number of nitrogens with zero attached hydrogens (tertiary/aromatic N) is 2. The van der Waals surface area contributed by atoms with E-state index in [-0.39, 0.29) is 23.7 Å². The van der Waals surface area contributed by atoms with Gasteiger partial charge < -0.3 is 14.9 Å². The molecule has 2 N–H and O–H groups in total. The molecule has 0 aliphatic carbocycles. The van der Waals surface area contributed by atoms with Gasteiger partial charge in [-0.2, -0.15) is 0 Å². The van der Waals surface area contributed by atoms with Gasteiger partial charge in [0.1, 0.15) is 6.61 Å². The predicted molar refractivity (Wildman–Crippen MR) is 71.9 cm³/mol. The molecule has 6 nitrogen and oxygen atoms in total. The Hall–Kier alpha value is -1.40. The zero-order chi connectivity index (χ0) is 14.6. The molecule has 0 bridgehead atoms. The molecular weight excluding hydrogens is 246 g/mol. The van der Waals surface area contributed by atoms with Crippen LogP contribution in [0.5, 0.6) is 0 Å². The van der Waals surface area contributed by atoms with E-state index in [2.05, 4.69) is 36.1 Å². The number of aliphatic hydroxyl groups is 1. The van der Waals surface area contributed by atoms with Crippen molar-refractivity contribution in [1.82, 2.24) is 15.4 Å². The zero-order valence-electron chi connectivity index (χ0n) is 12.3. The zero-order valence-corrected chi connectivity index (χ0v) is 12.3. The second-order valence-electron chi connectivity index (χ2n) is 5.25. The van der Waals surface area contributed by atoms with E-state index in [0.29, 0.717) is 17.9 Å². The molecular formula is C13H23N3O3. The van der Waals surface area contributed by atoms with Gasteiger partial charge in [-0.25, -0.2) is 0 Å². The molecule has 0 saturated carbocycles. The fourth-order valence-electron chi connectivity index (χ4n) is 1.67. The molecule has 1 rings (SSSR count). The van der Waals surface area contributed by atoms with Crippen LogP contribution in [0, 0.1) is 6.92 Å². The Labute approximate surface area is 113 Å². The van der Waals surface area contributed by atoms with Crippen LogP contribution in [-0.4, -0.2) is 46.7 Å². The monoisotopic (exact) mass is 269 g/mol. The van der Waals surface area contributed by atoms with Gasteiger partial charge in [0.25, 0.3) is 5.91 Å². The fourth-order valence-corrected chi connectivity index (χ4v) is 1.67. The Morgan fingerprint density at radius 1 is 1.53 bits per heavy atom. The van der Waals surface area contributed by atoms with Gasteiger partial charge >= 0.3 is 0 Å². The van der Waals surface area contributed by atoms with Crippen LogP contribution in [-0.2, 0) is 6.61 Å². The minimum absolute atomic E-state index is 0.137. The number of hydrogen-bond donors (Lipinski definition) is 2. The van der Waals surface area contributed by atoms with Crippen LogP contribution in [0.4, 0.5) is 0 Å². The molecule has 19 heavy (non-hydrogen) atoms. The maximum atomic E-state index is 12.0. The molecule has 0 aliphatic rings. The first-order valence-corrected chi connectivity index (χ1v) is 6.39. The molecule has 0 fully saturated rings. The first kappa shape index (κ1) is 15.7. The predicted octanol–water partition coefficient (Wildman–Crippen LogP) is 0.935. The Kier molecular flexibility index (Phi) is 5.08. The normalized spacial score (nSPS) is 11.9. The average Bonchev–Trinajstić information content (AvgIpc) is 2.76. The Balaban J connectivity index is 2.68. The molecule has 0 radical (unpaired) electrons. The molecule has 0 atom stereocenters. The summed E-state index contributed by atoms with van der Waals surface area (Å²) in [5, 5.41) is 15.5. The number of carbonyl (C=O) groups is 1. The minimum Gasteiger partial charge on any atom is -0.388 e. The molecule has 108 valence electrons. The Morgan fingerprint density at radius 3 is 2.63 bits per heavy atom. The largest absolute Gasteiger partial charge is 0.388 e. The van der Waals surface area contributed by atoms with Crippen LogP contribution in [0.1, 0.15) is 42.6 Å². The van der Waals surface area contributed by atoms with Gasteiger partial charge in [0.15, 0.2) is 11.5 Å². The molecule has 0 aliphatic heterocycles. The summed E-state index contributed by atoms with van der Waals surface area (Å²) in [5.74, 6) is 0.0496. The van der Waals surface area contributed by atoms with E-state index in [1.165, 1.54) is 0 Å². The maximum absolute atomic E-state index is 12.0. The van der Waals surface area contributed by atoms with E-state index in [9.17, 15) is 4.79 Å². The SMILES string of the molecule is CCN(C)C(C)(C)CNC(=O)c1noc(CO)c1C. The van der Waals surface area contributed by atoms with Gasteiger partial charge in [0, 0.05) is 17.6 Å². The highest BCUT2D eigenvalue weighted by atomic mass is 16.5. The van der Waals surface area contributed by atoms with Gasteiger partial charge in [-0.15, -0.1) is 0 Å². The van der Waals surface area contributed by atoms with E-state index >= 15 is 0 Å². The summed E-state index contributed by atoms with van der Waals surface area (Å²) in [6, 6.07) is 0. The summed E-state index contributed by atoms with van der Waals surface area (Å²) in [6.07, 6.45) is 0. The molecule has 0 saturated heterocycles. The van der Waals surface area contributed by atoms with Gasteiger partial charge in [-0.1, -0.05) is 12.1 Å². The van der Waals surface area contributed by atoms with E-state index in [4.69, 9.17) is 9.63 Å². The van der Waals surface area contributed by atoms with Crippen LogP contribution in [0.25, 0.3) is 0 Å². The first-order valence-electron chi connectivity index (χ1n) is 6.39. The average molecular weight is 269 g/mol. The molecule has 1 aromatic rings. The van der Waals surface area contributed by atoms with Crippen LogP contribution in [0.15, 0.2) is 4.52 Å². The molecule has 0 aromatic carbocycles. The number of carbonyl (C=O) groups excluding carboxylic acids is 1. The van der Waals surface area contributed by atoms with Crippen LogP contribution >= 0.6 is 0 Å². The summed E-state index contributed by atoms with van der Waals surface area (Å²) in [4.78, 5) is 14.2. The number of hydrogen-bond acceptors (Lipinski definition) is 5. The van der Waals surface area contributed by atoms with Crippen molar-refractivity contribution in [3.05, 3.63) is 17.0 Å². The van der Waals surface area contributed by atoms with E-state index in [0.717, 1.165) is 6.54 Å². The van der Waals surface area contributed by atoms with E-state index in [1.807, 2.05) is 7.05 Å². The molecule has 0 unspecified atom stereocenters. The van der Waals surface area contributed by atoms with Gasteiger partial charge in [0.2, 0.25) is 0 Å². The standard InChI is InChI=1S/C13H23N3O3/c1-6-16(5)13(3,4)8-14-12(18)11-9(2)10(7-17)19-15-11/h17H,6-8H2,1-5H3,(H,14,18). The maximum Gasteiger partial charge on any atom is 0.273 e. The quantitative estimate of drug-likeness (QED) is 0.803. The third-order valence-electron chi connectivity index (χ3n) is 3.57. The molecule has 0 spiro atoms. The summed E-state index contributed by atoms with van der Waals surface area (Å²) in [5.41, 5.74) is 0.683. The lowest BCUT2D eigenvalue weighted by atomic mass is 10.0. The lowest BCUT2D eigenvalue weighted by molar-refractivity contribution is 0.0898. The van der Waals surface area contributed by atoms with Gasteiger partial charge in [0.05, 0.1) is 0 Å². The van der Waals surface area contributed by atoms with Crippen molar-refractivity contribution in [2.45, 2.75) is 39.8 Å². The van der Waals surface area contributed by atoms with Crippen LogP contribution < -0.4 is 5.32 Å². The number of amides is 1. The van der Waals surface area contributed by atoms with E-state index in [1.54, 1.807) is 6.92 Å². The van der Waals surface area contributed by atoms with Crippen LogP contribution in [0.2, 0.25) is 0 Å². The second-order valence-corrected chi connectivity index (χ2v) is 5.25. The van der Waals surface area contributed by atoms with Crippen molar-refractivity contribution < 1.29 is 14.4 Å². The first-order chi connectivity index (χ1) is 8.83. The van der Waals surface area contributed by atoms with Crippen molar-refractivity contribution >= 4 is 5.91 Å². The highest BCUT2D eigenvalue weighted by Crippen LogP contribution is 2.14. The smallest absolute Gasteiger partial charge is 0.273 e. The van der Waals surface area contributed by atoms with Crippen molar-refractivity contribution in [1.29, 1.82) is 0 Å². The number of aliphatic hydroxyl groups excluding tert-OH is 1. The molecule has 6 heteroatoms. The number of likely N-dealkylation sites (N-methyl/N-ethyl adjacent to an activating group) is 1. The van der Waals surface area contributed by atoms with Crippen molar-refractivity contribution in [2.75, 3.05) is 20.1 Å². The van der Waals surface area contributed by atoms with Gasteiger partial charge in [-0.05, 0) is 34.4 Å². The highest BCUT2D eigenvalue weighted by molar-refractivity contribution is 5.93. The second kappa shape index (κ2) is 6.16. The fraction of sp³-hybridized carbons (Fsp3) is 0.692. The lowest BCUT2D eigenvalue weighted by Gasteiger charge is -2.34. The highest BCUT2D eigenvalue weighted by Gasteiger charge is 2.25. The Morgan fingerprint density at radius 2 is 2.16 bits per heavy atom. The van der Waals surface area contributed by atoms with Crippen LogP contribution in [0.3, 0.4) is 0 Å². The molecule has 1 amide bonds. The number of nitrogens with one attached hydrogen (secondary N) is 1. The van der Waals surface area contributed by atoms with Crippen molar-refractivity contribution in [2.24, 2.45) is 0 Å². The number of aromatic nitrogens is 1. The topological polar surface area (TPSA) is 78.6 Å². The minimum atomic E-state index is -0.279. The third kappa shape index (κ3) is 3.54. The van der Waals surface area contributed by atoms with Crippen molar-refractivity contribution in [3.8, 4) is 0 Å². The van der Waals surface area contributed by atoms with E-state index < -0.39 is 0 Å². The summed E-state index contributed by atoms with van der Waals surface area (Å²) in [6.45, 7) is 9.06. The molecule has 1 aromatic heterocycles. The summed E-state index contributed by atoms with van der Waals surface area (Å²) >= 11 is 0. The summed E-state index contributed by atoms with van der Waals surface area (Å²) in [7, 11) is 2.01. The van der Waals surface area contributed by atoms with Crippen molar-refractivity contribution in [3.63, 3.8) is 0 Å². The third-order valence-corrected chi connectivity index (χ3v) is 3.57. The number of rotatable bonds is 6. The lowest BCUT2D eigenvalue weighted by Crippen LogP contribution is -2.49.